The second-order valence-corrected chi connectivity index (χ2v) is 8.29. The van der Waals surface area contributed by atoms with Gasteiger partial charge >= 0.3 is 6.18 Å². The fraction of sp³-hybridized carbons (Fsp3) is 0.0476. The molecule has 0 aliphatic rings. The summed E-state index contributed by atoms with van der Waals surface area (Å²) in [6.45, 7) is 0. The summed E-state index contributed by atoms with van der Waals surface area (Å²) in [5.74, 6) is -1.15. The highest BCUT2D eigenvalue weighted by Gasteiger charge is 2.30. The van der Waals surface area contributed by atoms with Gasteiger partial charge < -0.3 is 11.1 Å². The van der Waals surface area contributed by atoms with E-state index in [-0.39, 0.29) is 21.7 Å². The lowest BCUT2D eigenvalue weighted by molar-refractivity contribution is -0.137. The van der Waals surface area contributed by atoms with Crippen LogP contribution in [0.15, 0.2) is 77.7 Å². The average molecular weight is 463 g/mol. The van der Waals surface area contributed by atoms with Crippen molar-refractivity contribution in [3.8, 4) is 0 Å². The van der Waals surface area contributed by atoms with Gasteiger partial charge in [0, 0.05) is 22.5 Å². The molecule has 0 saturated carbocycles. The first-order valence-electron chi connectivity index (χ1n) is 8.97. The van der Waals surface area contributed by atoms with E-state index in [0.29, 0.717) is 11.8 Å². The maximum Gasteiger partial charge on any atom is 0.416 e. The molecule has 11 heteroatoms. The van der Waals surface area contributed by atoms with Crippen LogP contribution in [0.1, 0.15) is 26.3 Å². The first-order valence-corrected chi connectivity index (χ1v) is 10.5. The van der Waals surface area contributed by atoms with Crippen LogP contribution in [0.5, 0.6) is 0 Å². The number of amides is 2. The Kier molecular flexibility index (Phi) is 6.21. The molecule has 0 bridgehead atoms. The van der Waals surface area contributed by atoms with Gasteiger partial charge in [-0.15, -0.1) is 0 Å². The SMILES string of the molecule is NC(=O)c1ccc(NC(=O)c2ccc(S(=O)(=O)Nc3cccc(C(F)(F)F)c3)cc2)cc1. The highest BCUT2D eigenvalue weighted by molar-refractivity contribution is 7.92. The van der Waals surface area contributed by atoms with Crippen molar-refractivity contribution in [2.24, 2.45) is 5.73 Å². The van der Waals surface area contributed by atoms with E-state index in [9.17, 15) is 31.2 Å². The van der Waals surface area contributed by atoms with E-state index in [2.05, 4.69) is 10.0 Å². The van der Waals surface area contributed by atoms with Crippen LogP contribution in [0.4, 0.5) is 24.5 Å². The molecule has 0 atom stereocenters. The second kappa shape index (κ2) is 8.71. The first-order chi connectivity index (χ1) is 15.0. The quantitative estimate of drug-likeness (QED) is 0.514. The number of hydrogen-bond acceptors (Lipinski definition) is 4. The van der Waals surface area contributed by atoms with Crippen molar-refractivity contribution in [3.63, 3.8) is 0 Å². The van der Waals surface area contributed by atoms with Crippen molar-refractivity contribution in [1.29, 1.82) is 0 Å². The minimum absolute atomic E-state index is 0.141. The molecule has 32 heavy (non-hydrogen) atoms. The number of halogens is 3. The minimum atomic E-state index is -4.61. The Labute approximate surface area is 181 Å². The van der Waals surface area contributed by atoms with E-state index in [1.54, 1.807) is 0 Å². The zero-order valence-corrected chi connectivity index (χ0v) is 17.0. The summed E-state index contributed by atoms with van der Waals surface area (Å²) in [6.07, 6.45) is -4.61. The van der Waals surface area contributed by atoms with Gasteiger partial charge in [0.2, 0.25) is 5.91 Å². The Balaban J connectivity index is 1.72. The van der Waals surface area contributed by atoms with Gasteiger partial charge in [0.15, 0.2) is 0 Å². The molecule has 0 aromatic heterocycles. The van der Waals surface area contributed by atoms with E-state index >= 15 is 0 Å². The van der Waals surface area contributed by atoms with Crippen molar-refractivity contribution in [2.45, 2.75) is 11.1 Å². The predicted octanol–water partition coefficient (Wildman–Crippen LogP) is 3.86. The van der Waals surface area contributed by atoms with Crippen LogP contribution in [0.2, 0.25) is 0 Å². The molecule has 7 nitrogen and oxygen atoms in total. The number of rotatable bonds is 6. The van der Waals surface area contributed by atoms with Gasteiger partial charge in [-0.05, 0) is 66.7 Å². The Morgan fingerprint density at radius 2 is 1.41 bits per heavy atom. The van der Waals surface area contributed by atoms with Crippen molar-refractivity contribution in [2.75, 3.05) is 10.0 Å². The second-order valence-electron chi connectivity index (χ2n) is 6.60. The third-order valence-corrected chi connectivity index (χ3v) is 5.69. The molecule has 166 valence electrons. The Morgan fingerprint density at radius 3 is 1.97 bits per heavy atom. The lowest BCUT2D eigenvalue weighted by atomic mass is 10.2. The standard InChI is InChI=1S/C21H16F3N3O4S/c22-21(23,24)15-2-1-3-17(12-15)27-32(30,31)18-10-6-14(7-11-18)20(29)26-16-8-4-13(5-9-16)19(25)28/h1-12,27H,(H2,25,28)(H,26,29). The van der Waals surface area contributed by atoms with Gasteiger partial charge in [-0.3, -0.25) is 14.3 Å². The summed E-state index contributed by atoms with van der Waals surface area (Å²) in [5, 5.41) is 2.58. The Hall–Kier alpha value is -3.86. The summed E-state index contributed by atoms with van der Waals surface area (Å²) < 4.78 is 65.5. The first kappa shape index (κ1) is 22.8. The number of hydrogen-bond donors (Lipinski definition) is 3. The number of carbonyl (C=O) groups excluding carboxylic acids is 2. The highest BCUT2D eigenvalue weighted by Crippen LogP contribution is 2.31. The molecule has 0 unspecified atom stereocenters. The monoisotopic (exact) mass is 463 g/mol. The minimum Gasteiger partial charge on any atom is -0.366 e. The number of benzene rings is 3. The fourth-order valence-corrected chi connectivity index (χ4v) is 3.73. The van der Waals surface area contributed by atoms with Crippen LogP contribution in [0, 0.1) is 0 Å². The lowest BCUT2D eigenvalue weighted by Gasteiger charge is -2.12. The normalized spacial score (nSPS) is 11.6. The molecule has 0 spiro atoms. The summed E-state index contributed by atoms with van der Waals surface area (Å²) in [5.41, 5.74) is 4.71. The van der Waals surface area contributed by atoms with Crippen LogP contribution in [-0.2, 0) is 16.2 Å². The fourth-order valence-electron chi connectivity index (χ4n) is 2.68. The Bertz CT molecular complexity index is 1260. The number of nitrogens with one attached hydrogen (secondary N) is 2. The molecule has 0 radical (unpaired) electrons. The van der Waals surface area contributed by atoms with Gasteiger partial charge in [0.1, 0.15) is 0 Å². The molecule has 3 rings (SSSR count). The third kappa shape index (κ3) is 5.43. The smallest absolute Gasteiger partial charge is 0.366 e. The van der Waals surface area contributed by atoms with Gasteiger partial charge in [-0.25, -0.2) is 8.42 Å². The van der Waals surface area contributed by atoms with E-state index in [4.69, 9.17) is 5.73 Å². The topological polar surface area (TPSA) is 118 Å². The van der Waals surface area contributed by atoms with Crippen LogP contribution in [-0.4, -0.2) is 20.2 Å². The van der Waals surface area contributed by atoms with Crippen molar-refractivity contribution in [1.82, 2.24) is 0 Å². The van der Waals surface area contributed by atoms with Crippen molar-refractivity contribution >= 4 is 33.2 Å². The number of anilines is 2. The van der Waals surface area contributed by atoms with Gasteiger partial charge in [0.05, 0.1) is 10.5 Å². The van der Waals surface area contributed by atoms with Gasteiger partial charge in [-0.1, -0.05) is 6.07 Å². The van der Waals surface area contributed by atoms with E-state index in [1.807, 2.05) is 0 Å². The third-order valence-electron chi connectivity index (χ3n) is 4.30. The van der Waals surface area contributed by atoms with E-state index in [1.165, 1.54) is 42.5 Å². The van der Waals surface area contributed by atoms with Crippen molar-refractivity contribution < 1.29 is 31.2 Å². The van der Waals surface area contributed by atoms with Crippen LogP contribution in [0.25, 0.3) is 0 Å². The number of sulfonamides is 1. The van der Waals surface area contributed by atoms with Crippen LogP contribution >= 0.6 is 0 Å². The molecule has 4 N–H and O–H groups in total. The van der Waals surface area contributed by atoms with Gasteiger partial charge in [0.25, 0.3) is 15.9 Å². The van der Waals surface area contributed by atoms with Crippen LogP contribution < -0.4 is 15.8 Å². The average Bonchev–Trinajstić information content (AvgIpc) is 2.73. The van der Waals surface area contributed by atoms with E-state index in [0.717, 1.165) is 24.3 Å². The summed E-state index contributed by atoms with van der Waals surface area (Å²) >= 11 is 0. The molecule has 0 saturated heterocycles. The molecule has 2 amide bonds. The number of alkyl halides is 3. The molecule has 0 aliphatic heterocycles. The molecule has 0 fully saturated rings. The molecule has 0 heterocycles. The summed E-state index contributed by atoms with van der Waals surface area (Å²) in [6, 6.07) is 14.5. The predicted molar refractivity (Wildman–Crippen MR) is 112 cm³/mol. The Morgan fingerprint density at radius 1 is 0.812 bits per heavy atom. The summed E-state index contributed by atoms with van der Waals surface area (Å²) in [4.78, 5) is 23.2. The lowest BCUT2D eigenvalue weighted by Crippen LogP contribution is -2.15. The van der Waals surface area contributed by atoms with Gasteiger partial charge in [-0.2, -0.15) is 13.2 Å². The molecule has 3 aromatic carbocycles. The molecule has 3 aromatic rings. The molecule has 0 aliphatic carbocycles. The highest BCUT2D eigenvalue weighted by atomic mass is 32.2. The molecular weight excluding hydrogens is 447 g/mol. The van der Waals surface area contributed by atoms with Crippen LogP contribution in [0.3, 0.4) is 0 Å². The largest absolute Gasteiger partial charge is 0.416 e. The molecular formula is C21H16F3N3O4S. The number of primary amides is 1. The van der Waals surface area contributed by atoms with Crippen molar-refractivity contribution in [3.05, 3.63) is 89.5 Å². The zero-order chi connectivity index (χ0) is 23.5. The summed E-state index contributed by atoms with van der Waals surface area (Å²) in [7, 11) is -4.18. The van der Waals surface area contributed by atoms with E-state index < -0.39 is 33.6 Å². The zero-order valence-electron chi connectivity index (χ0n) is 16.2. The number of nitrogens with two attached hydrogens (primary N) is 1. The number of carbonyl (C=O) groups is 2. The maximum atomic E-state index is 12.8. The maximum absolute atomic E-state index is 12.8.